The van der Waals surface area contributed by atoms with Gasteiger partial charge in [0.05, 0.1) is 0 Å². The first-order valence-corrected chi connectivity index (χ1v) is 8.45. The molecule has 0 unspecified atom stereocenters. The molecule has 3 nitrogen and oxygen atoms in total. The Labute approximate surface area is 125 Å². The van der Waals surface area contributed by atoms with Gasteiger partial charge in [0.1, 0.15) is 5.01 Å². The van der Waals surface area contributed by atoms with Crippen molar-refractivity contribution in [1.29, 1.82) is 0 Å². The van der Waals surface area contributed by atoms with Crippen LogP contribution in [0.4, 0.5) is 5.13 Å². The highest BCUT2D eigenvalue weighted by atomic mass is 35.5. The van der Waals surface area contributed by atoms with E-state index in [1.165, 1.54) is 22.7 Å². The molecular weight excluding hydrogens is 298 g/mol. The van der Waals surface area contributed by atoms with E-state index in [2.05, 4.69) is 15.5 Å². The number of hydrogen-bond donors (Lipinski definition) is 1. The van der Waals surface area contributed by atoms with E-state index in [9.17, 15) is 0 Å². The van der Waals surface area contributed by atoms with Gasteiger partial charge in [0.25, 0.3) is 0 Å². The van der Waals surface area contributed by atoms with E-state index in [-0.39, 0.29) is 0 Å². The average Bonchev–Trinajstić information content (AvgIpc) is 3.17. The minimum Gasteiger partial charge on any atom is -0.359 e. The highest BCUT2D eigenvalue weighted by molar-refractivity contribution is 7.99. The molecule has 1 N–H and O–H groups in total. The van der Waals surface area contributed by atoms with Gasteiger partial charge in [0, 0.05) is 28.1 Å². The van der Waals surface area contributed by atoms with Gasteiger partial charge in [-0.2, -0.15) is 0 Å². The molecule has 1 aliphatic carbocycles. The zero-order valence-electron chi connectivity index (χ0n) is 10.3. The number of hydrogen-bond acceptors (Lipinski definition) is 5. The molecule has 3 rings (SSSR count). The first-order chi connectivity index (χ1) is 9.31. The number of thioether (sulfide) groups is 1. The van der Waals surface area contributed by atoms with Crippen molar-refractivity contribution in [2.45, 2.75) is 23.7 Å². The highest BCUT2D eigenvalue weighted by Crippen LogP contribution is 2.42. The van der Waals surface area contributed by atoms with E-state index in [4.69, 9.17) is 11.6 Å². The number of nitrogens with zero attached hydrogens (tertiary/aromatic N) is 2. The fourth-order valence-electron chi connectivity index (χ4n) is 1.66. The standard InChI is InChI=1S/C13H14ClN3S2/c14-10-3-5-11(6-4-10)18-8-7-15-13-17-16-12(19-13)9-1-2-9/h3-6,9H,1-2,7-8H2,(H,15,17). The summed E-state index contributed by atoms with van der Waals surface area (Å²) in [5, 5.41) is 14.6. The Bertz CT molecular complexity index is 537. The monoisotopic (exact) mass is 311 g/mol. The molecule has 0 atom stereocenters. The van der Waals surface area contributed by atoms with Gasteiger partial charge in [-0.25, -0.2) is 0 Å². The summed E-state index contributed by atoms with van der Waals surface area (Å²) in [5.41, 5.74) is 0. The fraction of sp³-hybridized carbons (Fsp3) is 0.385. The molecule has 0 radical (unpaired) electrons. The summed E-state index contributed by atoms with van der Waals surface area (Å²) >= 11 is 9.35. The molecule has 1 heterocycles. The Balaban J connectivity index is 1.41. The van der Waals surface area contributed by atoms with Crippen molar-refractivity contribution in [2.75, 3.05) is 17.6 Å². The number of aromatic nitrogens is 2. The maximum atomic E-state index is 5.85. The second-order valence-corrected chi connectivity index (χ2v) is 7.06. The Morgan fingerprint density at radius 2 is 2.05 bits per heavy atom. The lowest BCUT2D eigenvalue weighted by Gasteiger charge is -2.02. The Kier molecular flexibility index (Phi) is 4.25. The zero-order chi connectivity index (χ0) is 13.1. The summed E-state index contributed by atoms with van der Waals surface area (Å²) in [5.74, 6) is 1.69. The van der Waals surface area contributed by atoms with Crippen LogP contribution >= 0.6 is 34.7 Å². The lowest BCUT2D eigenvalue weighted by Crippen LogP contribution is -2.03. The molecule has 2 aromatic rings. The normalized spacial score (nSPS) is 14.6. The molecule has 1 aliphatic rings. The minimum atomic E-state index is 0.691. The molecule has 1 aromatic carbocycles. The van der Waals surface area contributed by atoms with E-state index >= 15 is 0 Å². The molecule has 0 amide bonds. The van der Waals surface area contributed by atoms with Crippen molar-refractivity contribution in [2.24, 2.45) is 0 Å². The number of benzene rings is 1. The van der Waals surface area contributed by atoms with Crippen LogP contribution in [-0.4, -0.2) is 22.5 Å². The predicted octanol–water partition coefficient (Wildman–Crippen LogP) is 4.27. The van der Waals surface area contributed by atoms with Crippen molar-refractivity contribution in [3.8, 4) is 0 Å². The van der Waals surface area contributed by atoms with Crippen LogP contribution in [0, 0.1) is 0 Å². The van der Waals surface area contributed by atoms with Gasteiger partial charge >= 0.3 is 0 Å². The molecule has 6 heteroatoms. The SMILES string of the molecule is Clc1ccc(SCCNc2nnc(C3CC3)s2)cc1. The second kappa shape index (κ2) is 6.11. The summed E-state index contributed by atoms with van der Waals surface area (Å²) < 4.78 is 0. The lowest BCUT2D eigenvalue weighted by molar-refractivity contribution is 0.972. The van der Waals surface area contributed by atoms with Crippen LogP contribution in [0.2, 0.25) is 5.02 Å². The van der Waals surface area contributed by atoms with Crippen LogP contribution in [0.1, 0.15) is 23.8 Å². The molecule has 0 aliphatic heterocycles. The van der Waals surface area contributed by atoms with E-state index in [0.29, 0.717) is 5.92 Å². The van der Waals surface area contributed by atoms with Crippen molar-refractivity contribution < 1.29 is 0 Å². The average molecular weight is 312 g/mol. The third-order valence-electron chi connectivity index (χ3n) is 2.83. The smallest absolute Gasteiger partial charge is 0.205 e. The Morgan fingerprint density at radius 3 is 2.79 bits per heavy atom. The third kappa shape index (κ3) is 3.84. The largest absolute Gasteiger partial charge is 0.359 e. The summed E-state index contributed by atoms with van der Waals surface area (Å²) in [7, 11) is 0. The lowest BCUT2D eigenvalue weighted by atomic mass is 10.4. The number of rotatable bonds is 6. The fourth-order valence-corrected chi connectivity index (χ4v) is 3.49. The molecule has 0 saturated heterocycles. The van der Waals surface area contributed by atoms with E-state index in [1.54, 1.807) is 11.3 Å². The van der Waals surface area contributed by atoms with Crippen molar-refractivity contribution >= 4 is 39.8 Å². The first kappa shape index (κ1) is 13.2. The van der Waals surface area contributed by atoms with Crippen LogP contribution in [0.15, 0.2) is 29.2 Å². The van der Waals surface area contributed by atoms with E-state index < -0.39 is 0 Å². The van der Waals surface area contributed by atoms with Gasteiger partial charge in [0.15, 0.2) is 0 Å². The molecule has 1 saturated carbocycles. The topological polar surface area (TPSA) is 37.8 Å². The van der Waals surface area contributed by atoms with Gasteiger partial charge in [0.2, 0.25) is 5.13 Å². The predicted molar refractivity (Wildman–Crippen MR) is 82.5 cm³/mol. The Hall–Kier alpha value is -0.780. The Morgan fingerprint density at radius 1 is 1.26 bits per heavy atom. The molecule has 1 aromatic heterocycles. The summed E-state index contributed by atoms with van der Waals surface area (Å²) in [6, 6.07) is 7.93. The van der Waals surface area contributed by atoms with Crippen LogP contribution in [0.5, 0.6) is 0 Å². The van der Waals surface area contributed by atoms with Crippen molar-refractivity contribution in [3.05, 3.63) is 34.3 Å². The molecule has 1 fully saturated rings. The second-order valence-electron chi connectivity index (χ2n) is 4.45. The van der Waals surface area contributed by atoms with Crippen molar-refractivity contribution in [1.82, 2.24) is 10.2 Å². The highest BCUT2D eigenvalue weighted by Gasteiger charge is 2.27. The van der Waals surface area contributed by atoms with E-state index in [1.807, 2.05) is 36.0 Å². The maximum Gasteiger partial charge on any atom is 0.205 e. The first-order valence-electron chi connectivity index (χ1n) is 6.27. The molecule has 19 heavy (non-hydrogen) atoms. The van der Waals surface area contributed by atoms with Crippen LogP contribution < -0.4 is 5.32 Å². The zero-order valence-corrected chi connectivity index (χ0v) is 12.7. The van der Waals surface area contributed by atoms with Crippen LogP contribution in [0.3, 0.4) is 0 Å². The quantitative estimate of drug-likeness (QED) is 0.638. The molecule has 0 bridgehead atoms. The van der Waals surface area contributed by atoms with Crippen LogP contribution in [0.25, 0.3) is 0 Å². The number of anilines is 1. The molecule has 0 spiro atoms. The van der Waals surface area contributed by atoms with E-state index in [0.717, 1.165) is 22.5 Å². The van der Waals surface area contributed by atoms with Crippen LogP contribution in [-0.2, 0) is 0 Å². The van der Waals surface area contributed by atoms with Gasteiger partial charge in [-0.05, 0) is 37.1 Å². The number of halogens is 1. The maximum absolute atomic E-state index is 5.85. The van der Waals surface area contributed by atoms with Gasteiger partial charge < -0.3 is 5.32 Å². The molecular formula is C13H14ClN3S2. The summed E-state index contributed by atoms with van der Waals surface area (Å²) in [6.07, 6.45) is 2.56. The molecule has 100 valence electrons. The third-order valence-corrected chi connectivity index (χ3v) is 5.14. The van der Waals surface area contributed by atoms with Gasteiger partial charge in [-0.15, -0.1) is 22.0 Å². The van der Waals surface area contributed by atoms with Crippen molar-refractivity contribution in [3.63, 3.8) is 0 Å². The van der Waals surface area contributed by atoms with Gasteiger partial charge in [-0.1, -0.05) is 22.9 Å². The minimum absolute atomic E-state index is 0.691. The summed E-state index contributed by atoms with van der Waals surface area (Å²) in [6.45, 7) is 0.895. The number of nitrogens with one attached hydrogen (secondary N) is 1. The summed E-state index contributed by atoms with van der Waals surface area (Å²) in [4.78, 5) is 1.24. The van der Waals surface area contributed by atoms with Gasteiger partial charge in [-0.3, -0.25) is 0 Å².